The first-order chi connectivity index (χ1) is 9.19. The second-order valence-electron chi connectivity index (χ2n) is 5.26. The summed E-state index contributed by atoms with van der Waals surface area (Å²) in [7, 11) is 2.04. The standard InChI is InChI=1S/C17H18ClN/c1-11-3-4-13(10-16(11)18)12-5-7-15-14(9-12)6-8-17(15)19-2/h3-5,7,9-10,17,19H,6,8H2,1-2H3. The molecule has 0 heterocycles. The van der Waals surface area contributed by atoms with Crippen molar-refractivity contribution in [3.63, 3.8) is 0 Å². The van der Waals surface area contributed by atoms with Crippen molar-refractivity contribution in [1.82, 2.24) is 5.32 Å². The lowest BCUT2D eigenvalue weighted by atomic mass is 9.99. The van der Waals surface area contributed by atoms with Gasteiger partial charge in [0.25, 0.3) is 0 Å². The van der Waals surface area contributed by atoms with Crippen molar-refractivity contribution in [1.29, 1.82) is 0 Å². The van der Waals surface area contributed by atoms with Crippen LogP contribution in [0, 0.1) is 6.92 Å². The molecule has 2 aromatic carbocycles. The predicted octanol–water partition coefficient (Wildman–Crippen LogP) is 4.52. The van der Waals surface area contributed by atoms with E-state index in [1.165, 1.54) is 28.7 Å². The van der Waals surface area contributed by atoms with Crippen LogP contribution < -0.4 is 5.32 Å². The molecule has 1 unspecified atom stereocenters. The Hall–Kier alpha value is -1.31. The normalized spacial score (nSPS) is 17.5. The maximum Gasteiger partial charge on any atom is 0.0441 e. The van der Waals surface area contributed by atoms with Crippen LogP contribution in [-0.2, 0) is 6.42 Å². The lowest BCUT2D eigenvalue weighted by molar-refractivity contribution is 0.590. The Balaban J connectivity index is 2.01. The van der Waals surface area contributed by atoms with Gasteiger partial charge in [0.1, 0.15) is 0 Å². The van der Waals surface area contributed by atoms with Crippen LogP contribution in [0.15, 0.2) is 36.4 Å². The highest BCUT2D eigenvalue weighted by Gasteiger charge is 2.20. The van der Waals surface area contributed by atoms with Gasteiger partial charge in [0.2, 0.25) is 0 Å². The molecule has 1 N–H and O–H groups in total. The van der Waals surface area contributed by atoms with E-state index in [1.54, 1.807) is 0 Å². The van der Waals surface area contributed by atoms with E-state index in [9.17, 15) is 0 Å². The van der Waals surface area contributed by atoms with Gasteiger partial charge in [-0.3, -0.25) is 0 Å². The molecular weight excluding hydrogens is 254 g/mol. The van der Waals surface area contributed by atoms with Crippen LogP contribution in [0.4, 0.5) is 0 Å². The molecule has 1 atom stereocenters. The van der Waals surface area contributed by atoms with Gasteiger partial charge in [0, 0.05) is 11.1 Å². The maximum absolute atomic E-state index is 6.22. The summed E-state index contributed by atoms with van der Waals surface area (Å²) in [6.45, 7) is 2.03. The van der Waals surface area contributed by atoms with Gasteiger partial charge in [0.05, 0.1) is 0 Å². The molecule has 3 rings (SSSR count). The number of fused-ring (bicyclic) bond motifs is 1. The number of aryl methyl sites for hydroxylation is 2. The van der Waals surface area contributed by atoms with Gasteiger partial charge in [0.15, 0.2) is 0 Å². The van der Waals surface area contributed by atoms with E-state index in [0.29, 0.717) is 6.04 Å². The van der Waals surface area contributed by atoms with E-state index >= 15 is 0 Å². The maximum atomic E-state index is 6.22. The third-order valence-electron chi connectivity index (χ3n) is 4.07. The van der Waals surface area contributed by atoms with Crippen LogP contribution in [0.2, 0.25) is 5.02 Å². The lowest BCUT2D eigenvalue weighted by Crippen LogP contribution is -2.12. The summed E-state index contributed by atoms with van der Waals surface area (Å²) in [5, 5.41) is 4.21. The predicted molar refractivity (Wildman–Crippen MR) is 81.7 cm³/mol. The molecule has 98 valence electrons. The molecule has 0 bridgehead atoms. The fraction of sp³-hybridized carbons (Fsp3) is 0.294. The second kappa shape index (κ2) is 4.99. The van der Waals surface area contributed by atoms with Crippen LogP contribution in [0.5, 0.6) is 0 Å². The summed E-state index contributed by atoms with van der Waals surface area (Å²) in [6.07, 6.45) is 2.36. The molecule has 2 aromatic rings. The molecule has 0 radical (unpaired) electrons. The fourth-order valence-corrected chi connectivity index (χ4v) is 3.05. The first-order valence-electron chi connectivity index (χ1n) is 6.75. The number of nitrogens with one attached hydrogen (secondary N) is 1. The van der Waals surface area contributed by atoms with Crippen molar-refractivity contribution < 1.29 is 0 Å². The lowest BCUT2D eigenvalue weighted by Gasteiger charge is -2.11. The highest BCUT2D eigenvalue weighted by atomic mass is 35.5. The van der Waals surface area contributed by atoms with E-state index in [1.807, 2.05) is 14.0 Å². The third kappa shape index (κ3) is 2.29. The van der Waals surface area contributed by atoms with E-state index < -0.39 is 0 Å². The Kier molecular flexibility index (Phi) is 3.34. The minimum Gasteiger partial charge on any atom is -0.313 e. The van der Waals surface area contributed by atoms with Crippen molar-refractivity contribution in [2.45, 2.75) is 25.8 Å². The first kappa shape index (κ1) is 12.7. The van der Waals surface area contributed by atoms with Gasteiger partial charge in [-0.2, -0.15) is 0 Å². The number of rotatable bonds is 2. The Morgan fingerprint density at radius 1 is 1.11 bits per heavy atom. The number of halogens is 1. The molecular formula is C17H18ClN. The molecule has 2 heteroatoms. The molecule has 0 spiro atoms. The summed E-state index contributed by atoms with van der Waals surface area (Å²) < 4.78 is 0. The molecule has 1 aliphatic rings. The Bertz CT molecular complexity index is 619. The SMILES string of the molecule is CNC1CCc2cc(-c3ccc(C)c(Cl)c3)ccc21. The Morgan fingerprint density at radius 3 is 2.58 bits per heavy atom. The molecule has 0 aliphatic heterocycles. The quantitative estimate of drug-likeness (QED) is 0.847. The van der Waals surface area contributed by atoms with E-state index in [-0.39, 0.29) is 0 Å². The van der Waals surface area contributed by atoms with Gasteiger partial charge in [-0.05, 0) is 60.7 Å². The van der Waals surface area contributed by atoms with E-state index in [2.05, 4.69) is 41.7 Å². The number of benzene rings is 2. The Labute approximate surface area is 119 Å². The van der Waals surface area contributed by atoms with Gasteiger partial charge in [-0.15, -0.1) is 0 Å². The van der Waals surface area contributed by atoms with Crippen LogP contribution in [0.1, 0.15) is 29.2 Å². The molecule has 0 saturated heterocycles. The van der Waals surface area contributed by atoms with Crippen LogP contribution in [0.25, 0.3) is 11.1 Å². The molecule has 0 fully saturated rings. The van der Waals surface area contributed by atoms with Gasteiger partial charge in [-0.25, -0.2) is 0 Å². The zero-order valence-corrected chi connectivity index (χ0v) is 12.1. The second-order valence-corrected chi connectivity index (χ2v) is 5.66. The minimum atomic E-state index is 0.519. The molecule has 0 amide bonds. The fourth-order valence-electron chi connectivity index (χ4n) is 2.87. The summed E-state index contributed by atoms with van der Waals surface area (Å²) in [5.74, 6) is 0. The van der Waals surface area contributed by atoms with Gasteiger partial charge < -0.3 is 5.32 Å². The first-order valence-corrected chi connectivity index (χ1v) is 7.13. The van der Waals surface area contributed by atoms with E-state index in [4.69, 9.17) is 11.6 Å². The third-order valence-corrected chi connectivity index (χ3v) is 4.48. The zero-order chi connectivity index (χ0) is 13.4. The summed E-state index contributed by atoms with van der Waals surface area (Å²) in [6, 6.07) is 13.6. The van der Waals surface area contributed by atoms with Gasteiger partial charge in [-0.1, -0.05) is 41.9 Å². The summed E-state index contributed by atoms with van der Waals surface area (Å²) in [4.78, 5) is 0. The average molecular weight is 272 g/mol. The molecule has 1 aliphatic carbocycles. The zero-order valence-electron chi connectivity index (χ0n) is 11.3. The van der Waals surface area contributed by atoms with Crippen molar-refractivity contribution in [3.8, 4) is 11.1 Å². The minimum absolute atomic E-state index is 0.519. The van der Waals surface area contributed by atoms with Crippen LogP contribution in [-0.4, -0.2) is 7.05 Å². The summed E-state index contributed by atoms with van der Waals surface area (Å²) >= 11 is 6.22. The van der Waals surface area contributed by atoms with Gasteiger partial charge >= 0.3 is 0 Å². The smallest absolute Gasteiger partial charge is 0.0441 e. The van der Waals surface area contributed by atoms with Crippen molar-refractivity contribution in [2.24, 2.45) is 0 Å². The molecule has 0 saturated carbocycles. The van der Waals surface area contributed by atoms with Crippen LogP contribution >= 0.6 is 11.6 Å². The molecule has 19 heavy (non-hydrogen) atoms. The molecule has 1 nitrogen and oxygen atoms in total. The monoisotopic (exact) mass is 271 g/mol. The number of hydrogen-bond donors (Lipinski definition) is 1. The van der Waals surface area contributed by atoms with Crippen molar-refractivity contribution >= 4 is 11.6 Å². The topological polar surface area (TPSA) is 12.0 Å². The largest absolute Gasteiger partial charge is 0.313 e. The Morgan fingerprint density at radius 2 is 1.84 bits per heavy atom. The summed E-state index contributed by atoms with van der Waals surface area (Å²) in [5.41, 5.74) is 6.50. The highest BCUT2D eigenvalue weighted by molar-refractivity contribution is 6.31. The van der Waals surface area contributed by atoms with E-state index in [0.717, 1.165) is 17.0 Å². The number of hydrogen-bond acceptors (Lipinski definition) is 1. The molecule has 0 aromatic heterocycles. The van der Waals surface area contributed by atoms with Crippen molar-refractivity contribution in [2.75, 3.05) is 7.05 Å². The van der Waals surface area contributed by atoms with Crippen molar-refractivity contribution in [3.05, 3.63) is 58.1 Å². The van der Waals surface area contributed by atoms with Crippen LogP contribution in [0.3, 0.4) is 0 Å². The average Bonchev–Trinajstić information content (AvgIpc) is 2.84. The highest BCUT2D eigenvalue weighted by Crippen LogP contribution is 2.34.